The molecule has 0 saturated heterocycles. The number of carboxylic acid groups (broad SMARTS) is 1. The zero-order valence-corrected chi connectivity index (χ0v) is 17.4. The molecule has 2 unspecified atom stereocenters. The van der Waals surface area contributed by atoms with E-state index < -0.39 is 41.2 Å². The van der Waals surface area contributed by atoms with E-state index >= 15 is 0 Å². The lowest BCUT2D eigenvalue weighted by atomic mass is 10.0. The molecule has 0 bridgehead atoms. The normalized spacial score (nSPS) is 13.0. The van der Waals surface area contributed by atoms with E-state index in [1.807, 2.05) is 13.8 Å². The van der Waals surface area contributed by atoms with Crippen LogP contribution in [0.1, 0.15) is 39.2 Å². The van der Waals surface area contributed by atoms with Gasteiger partial charge in [-0.15, -0.1) is 0 Å². The second-order valence-corrected chi connectivity index (χ2v) is 7.63. The number of para-hydroxylation sites is 1. The van der Waals surface area contributed by atoms with Crippen molar-refractivity contribution in [2.45, 2.75) is 45.2 Å². The van der Waals surface area contributed by atoms with Crippen molar-refractivity contribution in [3.05, 3.63) is 45.1 Å². The molecular formula is C20H27N5O6. The maximum Gasteiger partial charge on any atom is 0.329 e. The SMILES string of the molecule is CC(C)CC(C(=O)NC(CCCNC(N)=O)C(=O)O)n1c(=O)[nH]c2ccccc2c1=O. The van der Waals surface area contributed by atoms with E-state index in [0.717, 1.165) is 4.57 Å². The number of nitrogens with two attached hydrogens (primary N) is 1. The Morgan fingerprint density at radius 2 is 1.87 bits per heavy atom. The summed E-state index contributed by atoms with van der Waals surface area (Å²) < 4.78 is 0.839. The Bertz CT molecular complexity index is 1070. The molecule has 0 aliphatic carbocycles. The van der Waals surface area contributed by atoms with Gasteiger partial charge in [0.05, 0.1) is 10.9 Å². The minimum Gasteiger partial charge on any atom is -0.480 e. The maximum absolute atomic E-state index is 13.0. The van der Waals surface area contributed by atoms with Gasteiger partial charge in [-0.3, -0.25) is 9.59 Å². The Hall–Kier alpha value is -3.63. The number of carbonyl (C=O) groups excluding carboxylic acids is 2. The van der Waals surface area contributed by atoms with Crippen molar-refractivity contribution in [3.63, 3.8) is 0 Å². The summed E-state index contributed by atoms with van der Waals surface area (Å²) in [6, 6.07) is 3.26. The second kappa shape index (κ2) is 10.4. The lowest BCUT2D eigenvalue weighted by molar-refractivity contribution is -0.142. The molecule has 0 radical (unpaired) electrons. The van der Waals surface area contributed by atoms with Crippen LogP contribution in [0.15, 0.2) is 33.9 Å². The van der Waals surface area contributed by atoms with Crippen LogP contribution in [0.25, 0.3) is 10.9 Å². The van der Waals surface area contributed by atoms with Crippen LogP contribution in [0.3, 0.4) is 0 Å². The molecule has 11 heteroatoms. The van der Waals surface area contributed by atoms with Crippen LogP contribution in [0.5, 0.6) is 0 Å². The van der Waals surface area contributed by atoms with E-state index in [1.54, 1.807) is 24.3 Å². The van der Waals surface area contributed by atoms with Gasteiger partial charge in [0.1, 0.15) is 12.1 Å². The average molecular weight is 433 g/mol. The predicted octanol–water partition coefficient (Wildman–Crippen LogP) is 0.295. The number of benzene rings is 1. The summed E-state index contributed by atoms with van der Waals surface area (Å²) in [6.45, 7) is 3.80. The number of carboxylic acids is 1. The number of H-pyrrole nitrogens is 1. The highest BCUT2D eigenvalue weighted by molar-refractivity contribution is 5.86. The molecule has 11 nitrogen and oxygen atoms in total. The first-order chi connectivity index (χ1) is 14.6. The molecule has 2 atom stereocenters. The Balaban J connectivity index is 2.33. The van der Waals surface area contributed by atoms with Crippen molar-refractivity contribution in [3.8, 4) is 0 Å². The van der Waals surface area contributed by atoms with Gasteiger partial charge in [-0.05, 0) is 37.3 Å². The number of nitrogens with one attached hydrogen (secondary N) is 3. The van der Waals surface area contributed by atoms with E-state index in [1.165, 1.54) is 0 Å². The number of hydrogen-bond donors (Lipinski definition) is 5. The van der Waals surface area contributed by atoms with Crippen LogP contribution < -0.4 is 27.6 Å². The van der Waals surface area contributed by atoms with E-state index in [0.29, 0.717) is 5.52 Å². The summed E-state index contributed by atoms with van der Waals surface area (Å²) in [4.78, 5) is 63.5. The van der Waals surface area contributed by atoms with Crippen LogP contribution in [-0.4, -0.2) is 45.2 Å². The number of aliphatic carboxylic acids is 1. The van der Waals surface area contributed by atoms with E-state index in [4.69, 9.17) is 5.73 Å². The number of aromatic nitrogens is 2. The molecule has 2 aromatic rings. The van der Waals surface area contributed by atoms with Crippen molar-refractivity contribution >= 4 is 28.8 Å². The average Bonchev–Trinajstić information content (AvgIpc) is 2.68. The molecule has 2 rings (SSSR count). The molecule has 0 fully saturated rings. The first kappa shape index (κ1) is 23.6. The van der Waals surface area contributed by atoms with Gasteiger partial charge in [0.25, 0.3) is 5.56 Å². The highest BCUT2D eigenvalue weighted by Crippen LogP contribution is 2.17. The number of amides is 3. The van der Waals surface area contributed by atoms with Crippen LogP contribution in [0, 0.1) is 5.92 Å². The number of carbonyl (C=O) groups is 3. The number of nitrogens with zero attached hydrogens (tertiary/aromatic N) is 1. The second-order valence-electron chi connectivity index (χ2n) is 7.63. The van der Waals surface area contributed by atoms with Gasteiger partial charge in [0.15, 0.2) is 0 Å². The molecule has 1 aromatic heterocycles. The van der Waals surface area contributed by atoms with E-state index in [9.17, 15) is 29.1 Å². The number of fused-ring (bicyclic) bond motifs is 1. The summed E-state index contributed by atoms with van der Waals surface area (Å²) >= 11 is 0. The molecular weight excluding hydrogens is 406 g/mol. The first-order valence-corrected chi connectivity index (χ1v) is 9.91. The third kappa shape index (κ3) is 6.17. The van der Waals surface area contributed by atoms with Crippen LogP contribution in [0.4, 0.5) is 4.79 Å². The number of aromatic amines is 1. The van der Waals surface area contributed by atoms with E-state index in [-0.39, 0.29) is 37.1 Å². The van der Waals surface area contributed by atoms with Crippen LogP contribution >= 0.6 is 0 Å². The summed E-state index contributed by atoms with van der Waals surface area (Å²) in [7, 11) is 0. The number of primary amides is 1. The third-order valence-corrected chi connectivity index (χ3v) is 4.73. The Kier molecular flexibility index (Phi) is 7.94. The van der Waals surface area contributed by atoms with Gasteiger partial charge in [0, 0.05) is 6.54 Å². The van der Waals surface area contributed by atoms with Gasteiger partial charge < -0.3 is 26.5 Å². The molecule has 31 heavy (non-hydrogen) atoms. The third-order valence-electron chi connectivity index (χ3n) is 4.73. The first-order valence-electron chi connectivity index (χ1n) is 9.91. The standard InChI is InChI=1S/C20H27N5O6/c1-11(2)10-15(16(26)23-14(18(28)29)8-5-9-22-19(21)30)25-17(27)12-6-3-4-7-13(12)24-20(25)31/h3-4,6-7,11,14-15H,5,8-10H2,1-2H3,(H,23,26)(H,24,31)(H,28,29)(H3,21,22,30). The molecule has 1 heterocycles. The quantitative estimate of drug-likeness (QED) is 0.336. The summed E-state index contributed by atoms with van der Waals surface area (Å²) in [6.07, 6.45) is 0.437. The molecule has 0 aliphatic rings. The Morgan fingerprint density at radius 1 is 1.19 bits per heavy atom. The lowest BCUT2D eigenvalue weighted by Gasteiger charge is -2.23. The number of urea groups is 1. The minimum absolute atomic E-state index is 0.0265. The minimum atomic E-state index is -1.27. The highest BCUT2D eigenvalue weighted by Gasteiger charge is 2.29. The van der Waals surface area contributed by atoms with E-state index in [2.05, 4.69) is 15.6 Å². The van der Waals surface area contributed by atoms with Crippen LogP contribution in [0.2, 0.25) is 0 Å². The summed E-state index contributed by atoms with van der Waals surface area (Å²) in [5.74, 6) is -2.07. The smallest absolute Gasteiger partial charge is 0.329 e. The van der Waals surface area contributed by atoms with Gasteiger partial charge in [-0.25, -0.2) is 19.0 Å². The fraction of sp³-hybridized carbons (Fsp3) is 0.450. The predicted molar refractivity (Wildman–Crippen MR) is 114 cm³/mol. The topological polar surface area (TPSA) is 176 Å². The maximum atomic E-state index is 13.0. The highest BCUT2D eigenvalue weighted by atomic mass is 16.4. The number of hydrogen-bond acceptors (Lipinski definition) is 5. The largest absolute Gasteiger partial charge is 0.480 e. The molecule has 1 aromatic carbocycles. The van der Waals surface area contributed by atoms with Gasteiger partial charge in [-0.1, -0.05) is 26.0 Å². The zero-order chi connectivity index (χ0) is 23.1. The molecule has 0 aliphatic heterocycles. The number of rotatable bonds is 10. The van der Waals surface area contributed by atoms with Crippen molar-refractivity contribution in [2.75, 3.05) is 6.54 Å². The monoisotopic (exact) mass is 433 g/mol. The lowest BCUT2D eigenvalue weighted by Crippen LogP contribution is -2.49. The van der Waals surface area contributed by atoms with Crippen molar-refractivity contribution in [1.82, 2.24) is 20.2 Å². The zero-order valence-electron chi connectivity index (χ0n) is 17.4. The van der Waals surface area contributed by atoms with Gasteiger partial charge in [0.2, 0.25) is 5.91 Å². The Morgan fingerprint density at radius 3 is 2.48 bits per heavy atom. The van der Waals surface area contributed by atoms with Gasteiger partial charge >= 0.3 is 17.7 Å². The Labute approximate surface area is 177 Å². The molecule has 168 valence electrons. The molecule has 0 saturated carbocycles. The fourth-order valence-electron chi connectivity index (χ4n) is 3.28. The summed E-state index contributed by atoms with van der Waals surface area (Å²) in [5, 5.41) is 14.5. The van der Waals surface area contributed by atoms with Crippen molar-refractivity contribution in [2.24, 2.45) is 11.7 Å². The van der Waals surface area contributed by atoms with Gasteiger partial charge in [-0.2, -0.15) is 0 Å². The summed E-state index contributed by atoms with van der Waals surface area (Å²) in [5.41, 5.74) is 3.94. The molecule has 0 spiro atoms. The van der Waals surface area contributed by atoms with Crippen molar-refractivity contribution < 1.29 is 19.5 Å². The molecule has 3 amide bonds. The van der Waals surface area contributed by atoms with Crippen molar-refractivity contribution in [1.29, 1.82) is 0 Å². The van der Waals surface area contributed by atoms with Crippen LogP contribution in [-0.2, 0) is 9.59 Å². The fourth-order valence-corrected chi connectivity index (χ4v) is 3.28. The molecule has 6 N–H and O–H groups in total.